The van der Waals surface area contributed by atoms with Gasteiger partial charge in [-0.15, -0.1) is 0 Å². The predicted octanol–water partition coefficient (Wildman–Crippen LogP) is 5.27. The van der Waals surface area contributed by atoms with E-state index in [4.69, 9.17) is 9.72 Å². The quantitative estimate of drug-likeness (QED) is 0.426. The molecule has 4 rings (SSSR count). The molecule has 1 fully saturated rings. The van der Waals surface area contributed by atoms with E-state index in [1.54, 1.807) is 12.1 Å². The fraction of sp³-hybridized carbons (Fsp3) is 0.393. The maximum atomic E-state index is 13.6. The van der Waals surface area contributed by atoms with E-state index < -0.39 is 0 Å². The Kier molecular flexibility index (Phi) is 7.95. The van der Waals surface area contributed by atoms with Crippen LogP contribution < -0.4 is 5.32 Å². The zero-order valence-corrected chi connectivity index (χ0v) is 20.3. The lowest BCUT2D eigenvalue weighted by molar-refractivity contribution is -0.154. The van der Waals surface area contributed by atoms with Crippen molar-refractivity contribution in [1.82, 2.24) is 14.9 Å². The number of rotatable bonds is 9. The van der Waals surface area contributed by atoms with Crippen molar-refractivity contribution in [1.29, 1.82) is 0 Å². The number of halogens is 1. The van der Waals surface area contributed by atoms with Crippen LogP contribution in [0.1, 0.15) is 67.2 Å². The summed E-state index contributed by atoms with van der Waals surface area (Å²) in [6, 6.07) is 16.1. The molecule has 0 spiro atoms. The molecule has 1 amide bonds. The lowest BCUT2D eigenvalue weighted by atomic mass is 10.0. The summed E-state index contributed by atoms with van der Waals surface area (Å²) in [6.07, 6.45) is 3.32. The fourth-order valence-corrected chi connectivity index (χ4v) is 4.57. The molecule has 3 aromatic rings. The van der Waals surface area contributed by atoms with Gasteiger partial charge in [-0.3, -0.25) is 9.59 Å². The zero-order chi connectivity index (χ0) is 24.8. The Bertz CT molecular complexity index is 1160. The number of ether oxygens (including phenoxy) is 1. The van der Waals surface area contributed by atoms with Gasteiger partial charge in [-0.25, -0.2) is 9.37 Å². The van der Waals surface area contributed by atoms with Crippen LogP contribution in [0.5, 0.6) is 0 Å². The van der Waals surface area contributed by atoms with Gasteiger partial charge < -0.3 is 14.6 Å². The molecule has 1 atom stereocenters. The summed E-state index contributed by atoms with van der Waals surface area (Å²) in [4.78, 5) is 29.7. The Balaban J connectivity index is 1.61. The van der Waals surface area contributed by atoms with Gasteiger partial charge in [0.05, 0.1) is 5.69 Å². The van der Waals surface area contributed by atoms with Crippen LogP contribution in [-0.2, 0) is 22.5 Å². The average molecular weight is 478 g/mol. The third-order valence-electron chi connectivity index (χ3n) is 6.29. The molecule has 1 aliphatic rings. The largest absolute Gasteiger partial charge is 0.462 e. The van der Waals surface area contributed by atoms with Crippen LogP contribution in [0, 0.1) is 5.82 Å². The van der Waals surface area contributed by atoms with Gasteiger partial charge >= 0.3 is 5.97 Å². The van der Waals surface area contributed by atoms with E-state index >= 15 is 0 Å². The van der Waals surface area contributed by atoms with Crippen molar-refractivity contribution >= 4 is 11.9 Å². The minimum atomic E-state index is -0.330. The first kappa shape index (κ1) is 24.6. The van der Waals surface area contributed by atoms with E-state index in [1.807, 2.05) is 48.7 Å². The SMILES string of the molecule is CC(C)c1c(C(=O)NCCc2ccccc2)nc(-c2ccc(F)cc2)n1CCC1CCCC(=O)O1. The zero-order valence-electron chi connectivity index (χ0n) is 20.3. The molecule has 2 heterocycles. The van der Waals surface area contributed by atoms with Gasteiger partial charge in [0.2, 0.25) is 0 Å². The third-order valence-corrected chi connectivity index (χ3v) is 6.29. The molecular formula is C28H32FN3O3. The lowest BCUT2D eigenvalue weighted by Crippen LogP contribution is -2.28. The first-order valence-electron chi connectivity index (χ1n) is 12.3. The lowest BCUT2D eigenvalue weighted by Gasteiger charge is -2.23. The van der Waals surface area contributed by atoms with Crippen molar-refractivity contribution < 1.29 is 18.7 Å². The van der Waals surface area contributed by atoms with Gasteiger partial charge in [-0.05, 0) is 55.0 Å². The number of cyclic esters (lactones) is 1. The van der Waals surface area contributed by atoms with Gasteiger partial charge in [0.25, 0.3) is 5.91 Å². The number of benzene rings is 2. The maximum Gasteiger partial charge on any atom is 0.306 e. The molecule has 0 radical (unpaired) electrons. The second kappa shape index (κ2) is 11.3. The fourth-order valence-electron chi connectivity index (χ4n) is 4.57. The first-order valence-corrected chi connectivity index (χ1v) is 12.3. The summed E-state index contributed by atoms with van der Waals surface area (Å²) in [6.45, 7) is 5.10. The van der Waals surface area contributed by atoms with E-state index in [0.29, 0.717) is 37.4 Å². The number of imidazole rings is 1. The standard InChI is InChI=1S/C28H32FN3O3/c1-19(2)26-25(28(34)30-17-15-20-7-4-3-5-8-20)31-27(21-11-13-22(29)14-12-21)32(26)18-16-23-9-6-10-24(33)35-23/h3-5,7-8,11-14,19,23H,6,9-10,15-18H2,1-2H3,(H,30,34). The normalized spacial score (nSPS) is 15.8. The number of nitrogens with one attached hydrogen (secondary N) is 1. The second-order valence-electron chi connectivity index (χ2n) is 9.27. The first-order chi connectivity index (χ1) is 16.9. The molecular weight excluding hydrogens is 445 g/mol. The molecule has 0 bridgehead atoms. The van der Waals surface area contributed by atoms with Crippen LogP contribution in [0.3, 0.4) is 0 Å². The molecule has 1 aromatic heterocycles. The van der Waals surface area contributed by atoms with E-state index in [-0.39, 0.29) is 29.7 Å². The summed E-state index contributed by atoms with van der Waals surface area (Å²) in [7, 11) is 0. The highest BCUT2D eigenvalue weighted by Crippen LogP contribution is 2.29. The van der Waals surface area contributed by atoms with Gasteiger partial charge in [0, 0.05) is 31.5 Å². The highest BCUT2D eigenvalue weighted by atomic mass is 19.1. The van der Waals surface area contributed by atoms with Crippen molar-refractivity contribution in [3.8, 4) is 11.4 Å². The monoisotopic (exact) mass is 477 g/mol. The number of amides is 1. The molecule has 184 valence electrons. The molecule has 6 nitrogen and oxygen atoms in total. The third kappa shape index (κ3) is 6.15. The van der Waals surface area contributed by atoms with Crippen LogP contribution in [-0.4, -0.2) is 34.1 Å². The summed E-state index contributed by atoms with van der Waals surface area (Å²) in [5.41, 5.74) is 3.09. The van der Waals surface area contributed by atoms with Crippen LogP contribution in [0.25, 0.3) is 11.4 Å². The molecule has 35 heavy (non-hydrogen) atoms. The van der Waals surface area contributed by atoms with Gasteiger partial charge in [0.15, 0.2) is 0 Å². The molecule has 2 aromatic carbocycles. The van der Waals surface area contributed by atoms with E-state index in [0.717, 1.165) is 36.1 Å². The highest BCUT2D eigenvalue weighted by Gasteiger charge is 2.27. The summed E-state index contributed by atoms with van der Waals surface area (Å²) in [5.74, 6) is -0.0718. The smallest absolute Gasteiger partial charge is 0.306 e. The Morgan fingerprint density at radius 3 is 2.60 bits per heavy atom. The summed E-state index contributed by atoms with van der Waals surface area (Å²) in [5, 5.41) is 3.01. The van der Waals surface area contributed by atoms with Crippen LogP contribution in [0.2, 0.25) is 0 Å². The average Bonchev–Trinajstić information content (AvgIpc) is 3.24. The van der Waals surface area contributed by atoms with Gasteiger partial charge in [-0.1, -0.05) is 44.2 Å². The van der Waals surface area contributed by atoms with Gasteiger partial charge in [0.1, 0.15) is 23.4 Å². The Morgan fingerprint density at radius 1 is 1.17 bits per heavy atom. The van der Waals surface area contributed by atoms with Crippen LogP contribution in [0.15, 0.2) is 54.6 Å². The number of aromatic nitrogens is 2. The number of hydrogen-bond acceptors (Lipinski definition) is 4. The molecule has 1 aliphatic heterocycles. The summed E-state index contributed by atoms with van der Waals surface area (Å²) < 4.78 is 21.2. The second-order valence-corrected chi connectivity index (χ2v) is 9.27. The van der Waals surface area contributed by atoms with E-state index in [9.17, 15) is 14.0 Å². The number of hydrogen-bond donors (Lipinski definition) is 1. The Morgan fingerprint density at radius 2 is 1.91 bits per heavy atom. The molecule has 0 aliphatic carbocycles. The number of carbonyl (C=O) groups is 2. The van der Waals surface area contributed by atoms with Crippen molar-refractivity contribution in [2.75, 3.05) is 6.54 Å². The van der Waals surface area contributed by atoms with Gasteiger partial charge in [-0.2, -0.15) is 0 Å². The van der Waals surface area contributed by atoms with Crippen LogP contribution >= 0.6 is 0 Å². The van der Waals surface area contributed by atoms with Crippen LogP contribution in [0.4, 0.5) is 4.39 Å². The topological polar surface area (TPSA) is 73.2 Å². The predicted molar refractivity (Wildman–Crippen MR) is 133 cm³/mol. The molecule has 1 unspecified atom stereocenters. The molecule has 0 saturated carbocycles. The van der Waals surface area contributed by atoms with Crippen molar-refractivity contribution in [2.24, 2.45) is 0 Å². The molecule has 1 N–H and O–H groups in total. The molecule has 1 saturated heterocycles. The van der Waals surface area contributed by atoms with E-state index in [1.165, 1.54) is 12.1 Å². The van der Waals surface area contributed by atoms with Crippen molar-refractivity contribution in [3.63, 3.8) is 0 Å². The molecule has 7 heteroatoms. The van der Waals surface area contributed by atoms with E-state index in [2.05, 4.69) is 5.32 Å². The Labute approximate surface area is 205 Å². The van der Waals surface area contributed by atoms with Crippen molar-refractivity contribution in [2.45, 2.75) is 64.5 Å². The number of nitrogens with zero attached hydrogens (tertiary/aromatic N) is 2. The number of esters is 1. The number of carbonyl (C=O) groups excluding carboxylic acids is 2. The minimum absolute atomic E-state index is 0.0282. The van der Waals surface area contributed by atoms with Crippen molar-refractivity contribution in [3.05, 3.63) is 77.4 Å². The highest BCUT2D eigenvalue weighted by molar-refractivity contribution is 5.94. The summed E-state index contributed by atoms with van der Waals surface area (Å²) >= 11 is 0. The minimum Gasteiger partial charge on any atom is -0.462 e. The Hall–Kier alpha value is -3.48. The maximum absolute atomic E-state index is 13.6.